The fraction of sp³-hybridized carbons (Fsp3) is 0.582. The molecule has 33 nitrogen and oxygen atoms in total. The number of benzene rings is 3. The van der Waals surface area contributed by atoms with Crippen LogP contribution in [0.15, 0.2) is 35.2 Å². The summed E-state index contributed by atoms with van der Waals surface area (Å²) in [5.74, 6) is -13.0. The van der Waals surface area contributed by atoms with E-state index in [1.165, 1.54) is 13.0 Å². The molecular weight excluding hydrogens is 1220 g/mol. The van der Waals surface area contributed by atoms with Crippen LogP contribution in [0.25, 0.3) is 0 Å². The number of amides is 2. The van der Waals surface area contributed by atoms with Crippen molar-refractivity contribution in [3.63, 3.8) is 0 Å². The van der Waals surface area contributed by atoms with Crippen molar-refractivity contribution in [3.05, 3.63) is 52.6 Å². The number of ether oxygens (including phenoxy) is 7. The molecule has 2 saturated heterocycles. The lowest BCUT2D eigenvalue weighted by molar-refractivity contribution is -0.353. The first-order valence-corrected chi connectivity index (χ1v) is 28.7. The van der Waals surface area contributed by atoms with Crippen LogP contribution in [0.4, 0.5) is 0 Å². The molecule has 1 aliphatic carbocycles. The molecule has 34 heteroatoms. The summed E-state index contributed by atoms with van der Waals surface area (Å²) in [4.78, 5) is 63.9. The van der Waals surface area contributed by atoms with E-state index >= 15 is 0 Å². The standard InChI is InChI=1S/C55H72N2O31S/c1-17-8-20(9-27(64)35(17)67)53(81)84-32-13-22-26(63)10-21(62)11-30(22)82-45(32)24-12-28(65)37(69)43(75)50(24)89-7-5-4-6-25(56-18(2)60)46(38(70)29(66)15-58)86-55-44(76)42(74)48(49(88-55)52(79)80)87-54-34(57-19(3)61)47(40(72)33(16-59)85-54)83-31-14-23(51(77)78)36(68)41(73)39(31)71/h8-12,23,25,29,31-34,36,38-42,44-49,54-55,58-59,62-76H,4-7,13-16H2,1-3H3,(H,56,60)(H,57,61)(H,77,78)(H,79,80)/t23?,25?,29?,31-,32-,33?,34?,36-,38-,39?,40-,41+,42-,44?,45-,46-,47-,48+,49?,54+,55-/m1/s1. The molecule has 7 rings (SSSR count). The lowest BCUT2D eigenvalue weighted by Crippen LogP contribution is -2.70. The highest BCUT2D eigenvalue weighted by Crippen LogP contribution is 2.51. The van der Waals surface area contributed by atoms with Crippen molar-refractivity contribution in [2.24, 2.45) is 5.92 Å². The molecule has 494 valence electrons. The maximum absolute atomic E-state index is 13.7. The van der Waals surface area contributed by atoms with E-state index in [4.69, 9.17) is 33.2 Å². The minimum absolute atomic E-state index is 0.00272. The zero-order chi connectivity index (χ0) is 65.8. The second kappa shape index (κ2) is 29.4. The summed E-state index contributed by atoms with van der Waals surface area (Å²) in [5.41, 5.74) is -0.173. The number of esters is 1. The molecule has 3 aromatic carbocycles. The summed E-state index contributed by atoms with van der Waals surface area (Å²) in [6, 6.07) is 2.00. The van der Waals surface area contributed by atoms with Crippen LogP contribution >= 0.6 is 11.8 Å². The van der Waals surface area contributed by atoms with Gasteiger partial charge in [-0.2, -0.15) is 0 Å². The summed E-state index contributed by atoms with van der Waals surface area (Å²) in [5, 5.41) is 208. The molecule has 0 bridgehead atoms. The molecule has 3 aromatic rings. The Morgan fingerprint density at radius 1 is 0.708 bits per heavy atom. The molecule has 89 heavy (non-hydrogen) atoms. The molecule has 1 saturated carbocycles. The summed E-state index contributed by atoms with van der Waals surface area (Å²) >= 11 is 0.848. The fourth-order valence-electron chi connectivity index (χ4n) is 11.0. The molecule has 0 spiro atoms. The zero-order valence-corrected chi connectivity index (χ0v) is 48.3. The van der Waals surface area contributed by atoms with E-state index in [-0.39, 0.29) is 64.3 Å². The average molecular weight is 1290 g/mol. The van der Waals surface area contributed by atoms with Gasteiger partial charge in [0.2, 0.25) is 17.6 Å². The lowest BCUT2D eigenvalue weighted by atomic mass is 9.80. The van der Waals surface area contributed by atoms with Gasteiger partial charge in [0, 0.05) is 43.5 Å². The normalized spacial score (nSPS) is 30.8. The number of fused-ring (bicyclic) bond motifs is 1. The quantitative estimate of drug-likeness (QED) is 0.0177. The zero-order valence-electron chi connectivity index (χ0n) is 47.5. The van der Waals surface area contributed by atoms with Crippen molar-refractivity contribution >= 4 is 41.5 Å². The molecule has 3 fully saturated rings. The largest absolute Gasteiger partial charge is 0.508 e. The Morgan fingerprint density at radius 3 is 2.01 bits per heavy atom. The maximum atomic E-state index is 13.7. The Labute approximate surface area is 508 Å². The average Bonchev–Trinajstić information content (AvgIpc) is 0.818. The minimum Gasteiger partial charge on any atom is -0.508 e. The van der Waals surface area contributed by atoms with E-state index in [1.54, 1.807) is 0 Å². The lowest BCUT2D eigenvalue weighted by Gasteiger charge is -2.49. The van der Waals surface area contributed by atoms with Crippen molar-refractivity contribution in [2.75, 3.05) is 19.0 Å². The second-order valence-corrected chi connectivity index (χ2v) is 23.0. The van der Waals surface area contributed by atoms with Crippen LogP contribution in [-0.2, 0) is 54.0 Å². The molecule has 8 unspecified atom stereocenters. The molecule has 21 atom stereocenters. The van der Waals surface area contributed by atoms with Crippen LogP contribution in [0.1, 0.15) is 72.7 Å². The van der Waals surface area contributed by atoms with Crippen molar-refractivity contribution in [2.45, 2.75) is 180 Å². The number of carboxylic acids is 2. The number of unbranched alkanes of at least 4 members (excludes halogenated alkanes) is 1. The Bertz CT molecular complexity index is 3010. The van der Waals surface area contributed by atoms with Crippen molar-refractivity contribution in [1.82, 2.24) is 10.6 Å². The van der Waals surface area contributed by atoms with Crippen molar-refractivity contribution in [1.29, 1.82) is 0 Å². The number of aromatic hydroxyl groups is 7. The van der Waals surface area contributed by atoms with Crippen LogP contribution in [0.2, 0.25) is 0 Å². The smallest absolute Gasteiger partial charge is 0.338 e. The highest BCUT2D eigenvalue weighted by Gasteiger charge is 2.57. The van der Waals surface area contributed by atoms with Gasteiger partial charge in [0.1, 0.15) is 96.5 Å². The Morgan fingerprint density at radius 2 is 1.39 bits per heavy atom. The highest BCUT2D eigenvalue weighted by molar-refractivity contribution is 7.99. The van der Waals surface area contributed by atoms with E-state index in [0.717, 1.165) is 49.9 Å². The number of carbonyl (C=O) groups is 5. The number of phenolic OH excluding ortho intramolecular Hbond substituents is 7. The number of nitrogens with one attached hydrogen (secondary N) is 2. The maximum Gasteiger partial charge on any atom is 0.338 e. The molecule has 3 aliphatic heterocycles. The van der Waals surface area contributed by atoms with Crippen LogP contribution in [-0.4, -0.2) is 262 Å². The molecular formula is C55H72N2O31S. The number of carbonyl (C=O) groups excluding carboxylic acids is 3. The molecule has 4 aliphatic rings. The third-order valence-electron chi connectivity index (χ3n) is 15.6. The number of thioether (sulfide) groups is 1. The fourth-order valence-corrected chi connectivity index (χ4v) is 12.1. The SMILES string of the molecule is CC(=O)NC(CCCCSc1c([C@H]2Oc3cc(O)cc(O)c3C[C@H]2OC(=O)c2cc(C)c(O)c(O)c2)cc(O)c(O)c1O)[C@@H](O[C@@H]1OC(C(=O)O)[C@@H](O[C@@H]2OC(CO)[C@@H](O)[C@H](O[C@@H]3CC(C(=O)O)[C@@H](O)[C@H](O)C3O)C2NC(C)=O)[C@H](O)C1O)[C@H](O)C(O)CO. The second-order valence-electron chi connectivity index (χ2n) is 21.9. The number of rotatable bonds is 24. The molecule has 21 N–H and O–H groups in total. The summed E-state index contributed by atoms with van der Waals surface area (Å²) in [7, 11) is 0. The molecule has 3 heterocycles. The van der Waals surface area contributed by atoms with Gasteiger partial charge in [0.25, 0.3) is 0 Å². The number of hydrogen-bond acceptors (Lipinski definition) is 30. The van der Waals surface area contributed by atoms with Gasteiger partial charge in [-0.3, -0.25) is 14.4 Å². The van der Waals surface area contributed by atoms with Gasteiger partial charge in [-0.1, -0.05) is 6.42 Å². The topological polar surface area (TPSA) is 558 Å². The predicted molar refractivity (Wildman–Crippen MR) is 293 cm³/mol. The number of hydrogen-bond donors (Lipinski definition) is 21. The molecule has 0 aromatic heterocycles. The monoisotopic (exact) mass is 1290 g/mol. The van der Waals surface area contributed by atoms with Gasteiger partial charge >= 0.3 is 17.9 Å². The Balaban J connectivity index is 1.10. The van der Waals surface area contributed by atoms with E-state index in [0.29, 0.717) is 0 Å². The summed E-state index contributed by atoms with van der Waals surface area (Å²) < 4.78 is 41.1. The first kappa shape index (κ1) is 69.6. The highest BCUT2D eigenvalue weighted by atomic mass is 32.2. The Kier molecular flexibility index (Phi) is 23.0. The van der Waals surface area contributed by atoms with E-state index in [9.17, 15) is 121 Å². The first-order valence-electron chi connectivity index (χ1n) is 27.7. The molecule has 0 radical (unpaired) electrons. The van der Waals surface area contributed by atoms with Gasteiger partial charge in [0.05, 0.1) is 47.8 Å². The summed E-state index contributed by atoms with van der Waals surface area (Å²) in [6.07, 6.45) is -37.7. The van der Waals surface area contributed by atoms with Gasteiger partial charge in [0.15, 0.2) is 47.8 Å². The van der Waals surface area contributed by atoms with Gasteiger partial charge in [-0.15, -0.1) is 11.8 Å². The first-order chi connectivity index (χ1) is 41.9. The van der Waals surface area contributed by atoms with Crippen LogP contribution in [0, 0.1) is 12.8 Å². The number of aliphatic carboxylic acids is 2. The van der Waals surface area contributed by atoms with Crippen molar-refractivity contribution in [3.8, 4) is 46.0 Å². The minimum atomic E-state index is -2.44. The van der Waals surface area contributed by atoms with E-state index in [2.05, 4.69) is 10.6 Å². The van der Waals surface area contributed by atoms with Gasteiger partial charge < -0.3 is 141 Å². The third-order valence-corrected chi connectivity index (χ3v) is 16.8. The Hall–Kier alpha value is -6.84. The van der Waals surface area contributed by atoms with Crippen LogP contribution < -0.4 is 15.4 Å². The number of phenols is 7. The number of aryl methyl sites for hydroxylation is 1. The van der Waals surface area contributed by atoms with Gasteiger partial charge in [-0.05, 0) is 55.7 Å². The van der Waals surface area contributed by atoms with Gasteiger partial charge in [-0.25, -0.2) is 9.59 Å². The van der Waals surface area contributed by atoms with Crippen LogP contribution in [0.3, 0.4) is 0 Å². The molecule has 2 amide bonds. The van der Waals surface area contributed by atoms with Crippen molar-refractivity contribution < 1.29 is 154 Å². The van der Waals surface area contributed by atoms with E-state index < -0.39 is 218 Å². The van der Waals surface area contributed by atoms with E-state index in [1.807, 2.05) is 0 Å². The number of aliphatic hydroxyl groups excluding tert-OH is 10. The number of carboxylic acid groups (broad SMARTS) is 2. The summed E-state index contributed by atoms with van der Waals surface area (Å²) in [6.45, 7) is 1.20. The third kappa shape index (κ3) is 15.5. The predicted octanol–water partition coefficient (Wildman–Crippen LogP) is -3.86. The van der Waals surface area contributed by atoms with Crippen LogP contribution in [0.5, 0.6) is 46.0 Å². The number of aliphatic hydroxyl groups is 10.